The SMILES string of the molecule is Cc1c(C(=O)N2CCC[C@@H]2[C@H]2CCCN2C)nnn1-c1ccccc1. The van der Waals surface area contributed by atoms with Gasteiger partial charge in [0, 0.05) is 18.6 Å². The number of likely N-dealkylation sites (tertiary alicyclic amines) is 2. The molecule has 2 aliphatic heterocycles. The summed E-state index contributed by atoms with van der Waals surface area (Å²) >= 11 is 0. The van der Waals surface area contributed by atoms with Crippen molar-refractivity contribution >= 4 is 5.91 Å². The Morgan fingerprint density at radius 2 is 1.80 bits per heavy atom. The standard InChI is InChI=1S/C19H25N5O/c1-14-18(20-21-24(14)15-8-4-3-5-9-15)19(25)23-13-7-11-17(23)16-10-6-12-22(16)2/h3-5,8-9,16-17H,6-7,10-13H2,1-2H3/t16-,17-/m1/s1. The summed E-state index contributed by atoms with van der Waals surface area (Å²) in [4.78, 5) is 17.6. The summed E-state index contributed by atoms with van der Waals surface area (Å²) in [6, 6.07) is 10.6. The third-order valence-corrected chi connectivity index (χ3v) is 5.68. The van der Waals surface area contributed by atoms with Crippen molar-refractivity contribution in [2.75, 3.05) is 20.1 Å². The van der Waals surface area contributed by atoms with Crippen LogP contribution in [0.4, 0.5) is 0 Å². The molecule has 2 saturated heterocycles. The van der Waals surface area contributed by atoms with Crippen molar-refractivity contribution in [3.63, 3.8) is 0 Å². The Kier molecular flexibility index (Phi) is 4.29. The number of carbonyl (C=O) groups is 1. The molecule has 1 amide bonds. The number of likely N-dealkylation sites (N-methyl/N-ethyl adjacent to an activating group) is 1. The second-order valence-corrected chi connectivity index (χ2v) is 7.17. The van der Waals surface area contributed by atoms with Crippen molar-refractivity contribution in [3.05, 3.63) is 41.7 Å². The number of hydrogen-bond acceptors (Lipinski definition) is 4. The Bertz CT molecular complexity index is 756. The summed E-state index contributed by atoms with van der Waals surface area (Å²) in [6.07, 6.45) is 4.57. The minimum absolute atomic E-state index is 0.0301. The number of carbonyl (C=O) groups excluding carboxylic acids is 1. The molecule has 4 rings (SSSR count). The normalized spacial score (nSPS) is 24.2. The predicted molar refractivity (Wildman–Crippen MR) is 95.8 cm³/mol. The van der Waals surface area contributed by atoms with Gasteiger partial charge in [-0.05, 0) is 58.3 Å². The zero-order valence-corrected chi connectivity index (χ0v) is 14.9. The zero-order chi connectivity index (χ0) is 17.4. The summed E-state index contributed by atoms with van der Waals surface area (Å²) in [5.41, 5.74) is 2.22. The minimum atomic E-state index is 0.0301. The molecule has 2 aliphatic rings. The number of nitrogens with zero attached hydrogens (tertiary/aromatic N) is 5. The largest absolute Gasteiger partial charge is 0.333 e. The van der Waals surface area contributed by atoms with Gasteiger partial charge in [-0.1, -0.05) is 23.4 Å². The molecule has 2 aromatic rings. The first kappa shape index (κ1) is 16.3. The van der Waals surface area contributed by atoms with Gasteiger partial charge in [-0.25, -0.2) is 4.68 Å². The first-order valence-corrected chi connectivity index (χ1v) is 9.16. The van der Waals surface area contributed by atoms with Crippen LogP contribution in [0.3, 0.4) is 0 Å². The highest BCUT2D eigenvalue weighted by atomic mass is 16.2. The molecular formula is C19H25N5O. The number of amides is 1. The van der Waals surface area contributed by atoms with Crippen LogP contribution in [0.25, 0.3) is 5.69 Å². The number of aromatic nitrogens is 3. The van der Waals surface area contributed by atoms with Crippen molar-refractivity contribution in [1.82, 2.24) is 24.8 Å². The highest BCUT2D eigenvalue weighted by molar-refractivity contribution is 5.93. The molecule has 2 fully saturated rings. The lowest BCUT2D eigenvalue weighted by atomic mass is 10.0. The fraction of sp³-hybridized carbons (Fsp3) is 0.526. The van der Waals surface area contributed by atoms with Gasteiger partial charge in [0.2, 0.25) is 0 Å². The first-order valence-electron chi connectivity index (χ1n) is 9.16. The molecule has 25 heavy (non-hydrogen) atoms. The van der Waals surface area contributed by atoms with E-state index in [1.807, 2.05) is 42.2 Å². The Hall–Kier alpha value is -2.21. The molecule has 1 aromatic heterocycles. The number of rotatable bonds is 3. The van der Waals surface area contributed by atoms with E-state index in [0.717, 1.165) is 37.3 Å². The molecule has 6 heteroatoms. The highest BCUT2D eigenvalue weighted by Crippen LogP contribution is 2.30. The minimum Gasteiger partial charge on any atom is -0.333 e. The van der Waals surface area contributed by atoms with E-state index in [2.05, 4.69) is 22.3 Å². The lowest BCUT2D eigenvalue weighted by Crippen LogP contribution is -2.47. The number of benzene rings is 1. The molecule has 6 nitrogen and oxygen atoms in total. The Labute approximate surface area is 148 Å². The van der Waals surface area contributed by atoms with E-state index in [9.17, 15) is 4.79 Å². The van der Waals surface area contributed by atoms with Gasteiger partial charge in [-0.3, -0.25) is 4.79 Å². The molecule has 0 saturated carbocycles. The van der Waals surface area contributed by atoms with Gasteiger partial charge in [0.15, 0.2) is 5.69 Å². The fourth-order valence-corrected chi connectivity index (χ4v) is 4.34. The van der Waals surface area contributed by atoms with Crippen LogP contribution in [0.5, 0.6) is 0 Å². The van der Waals surface area contributed by atoms with Gasteiger partial charge in [0.05, 0.1) is 11.4 Å². The van der Waals surface area contributed by atoms with Crippen molar-refractivity contribution in [2.45, 2.75) is 44.7 Å². The van der Waals surface area contributed by atoms with Crippen LogP contribution in [0, 0.1) is 6.92 Å². The zero-order valence-electron chi connectivity index (χ0n) is 14.9. The van der Waals surface area contributed by atoms with Crippen LogP contribution in [0.1, 0.15) is 41.9 Å². The van der Waals surface area contributed by atoms with E-state index in [4.69, 9.17) is 0 Å². The van der Waals surface area contributed by atoms with Gasteiger partial charge in [-0.2, -0.15) is 0 Å². The van der Waals surface area contributed by atoms with E-state index >= 15 is 0 Å². The summed E-state index contributed by atoms with van der Waals surface area (Å²) in [7, 11) is 2.18. The Balaban J connectivity index is 1.60. The Morgan fingerprint density at radius 1 is 1.08 bits per heavy atom. The molecule has 0 N–H and O–H groups in total. The highest BCUT2D eigenvalue weighted by Gasteiger charge is 2.39. The predicted octanol–water partition coefficient (Wildman–Crippen LogP) is 2.27. The third kappa shape index (κ3) is 2.84. The number of hydrogen-bond donors (Lipinski definition) is 0. The first-order chi connectivity index (χ1) is 12.2. The molecule has 0 radical (unpaired) electrons. The van der Waals surface area contributed by atoms with Crippen LogP contribution >= 0.6 is 0 Å². The number of para-hydroxylation sites is 1. The van der Waals surface area contributed by atoms with Gasteiger partial charge < -0.3 is 9.80 Å². The molecule has 0 unspecified atom stereocenters. The van der Waals surface area contributed by atoms with E-state index in [1.54, 1.807) is 4.68 Å². The van der Waals surface area contributed by atoms with Gasteiger partial charge in [0.25, 0.3) is 5.91 Å². The average molecular weight is 339 g/mol. The quantitative estimate of drug-likeness (QED) is 0.861. The summed E-state index contributed by atoms with van der Waals surface area (Å²) in [6.45, 7) is 3.88. The smallest absolute Gasteiger partial charge is 0.276 e. The van der Waals surface area contributed by atoms with Crippen molar-refractivity contribution in [3.8, 4) is 5.69 Å². The molecule has 0 aliphatic carbocycles. The van der Waals surface area contributed by atoms with E-state index in [0.29, 0.717) is 17.8 Å². The summed E-state index contributed by atoms with van der Waals surface area (Å²) in [5.74, 6) is 0.0301. The van der Waals surface area contributed by atoms with Crippen molar-refractivity contribution < 1.29 is 4.79 Å². The fourth-order valence-electron chi connectivity index (χ4n) is 4.34. The van der Waals surface area contributed by atoms with Crippen molar-refractivity contribution in [1.29, 1.82) is 0 Å². The average Bonchev–Trinajstić information content (AvgIpc) is 3.34. The third-order valence-electron chi connectivity index (χ3n) is 5.68. The second-order valence-electron chi connectivity index (χ2n) is 7.17. The maximum Gasteiger partial charge on any atom is 0.276 e. The maximum absolute atomic E-state index is 13.2. The molecule has 132 valence electrons. The van der Waals surface area contributed by atoms with Crippen LogP contribution in [0.2, 0.25) is 0 Å². The van der Waals surface area contributed by atoms with Crippen LogP contribution in [-0.4, -0.2) is 62.9 Å². The van der Waals surface area contributed by atoms with E-state index < -0.39 is 0 Å². The lowest BCUT2D eigenvalue weighted by molar-refractivity contribution is 0.0657. The molecule has 0 spiro atoms. The molecule has 0 bridgehead atoms. The van der Waals surface area contributed by atoms with Crippen LogP contribution in [-0.2, 0) is 0 Å². The lowest BCUT2D eigenvalue weighted by Gasteiger charge is -2.32. The topological polar surface area (TPSA) is 54.3 Å². The van der Waals surface area contributed by atoms with Crippen LogP contribution in [0.15, 0.2) is 30.3 Å². The van der Waals surface area contributed by atoms with E-state index in [-0.39, 0.29) is 5.91 Å². The Morgan fingerprint density at radius 3 is 2.52 bits per heavy atom. The molecular weight excluding hydrogens is 314 g/mol. The van der Waals surface area contributed by atoms with E-state index in [1.165, 1.54) is 12.8 Å². The maximum atomic E-state index is 13.2. The second kappa shape index (κ2) is 6.59. The van der Waals surface area contributed by atoms with Gasteiger partial charge in [0.1, 0.15) is 0 Å². The van der Waals surface area contributed by atoms with Crippen LogP contribution < -0.4 is 0 Å². The molecule has 2 atom stereocenters. The molecule has 1 aromatic carbocycles. The van der Waals surface area contributed by atoms with Gasteiger partial charge in [-0.15, -0.1) is 5.10 Å². The monoisotopic (exact) mass is 339 g/mol. The molecule has 3 heterocycles. The summed E-state index contributed by atoms with van der Waals surface area (Å²) < 4.78 is 1.75. The van der Waals surface area contributed by atoms with Crippen molar-refractivity contribution in [2.24, 2.45) is 0 Å². The summed E-state index contributed by atoms with van der Waals surface area (Å²) in [5, 5.41) is 8.45. The van der Waals surface area contributed by atoms with Gasteiger partial charge >= 0.3 is 0 Å².